The molecule has 0 aliphatic heterocycles. The average Bonchev–Trinajstić information content (AvgIpc) is 2.44. The molecule has 3 heteroatoms. The molecule has 0 spiro atoms. The van der Waals surface area contributed by atoms with E-state index in [9.17, 15) is 4.79 Å². The number of carbonyl (C=O) groups is 1. The Morgan fingerprint density at radius 2 is 2.05 bits per heavy atom. The molecule has 2 atom stereocenters. The van der Waals surface area contributed by atoms with Crippen molar-refractivity contribution in [1.29, 1.82) is 0 Å². The molecule has 0 saturated heterocycles. The second kappa shape index (κ2) is 5.13. The molecule has 2 bridgehead atoms. The average molecular weight is 347 g/mol. The summed E-state index contributed by atoms with van der Waals surface area (Å²) in [5, 5.41) is 0. The lowest BCUT2D eigenvalue weighted by atomic mass is 9.48. The molecule has 1 fully saturated rings. The van der Waals surface area contributed by atoms with Crippen LogP contribution < -0.4 is 4.74 Å². The summed E-state index contributed by atoms with van der Waals surface area (Å²) in [5.41, 5.74) is 2.27. The van der Waals surface area contributed by atoms with Gasteiger partial charge in [-0.1, -0.05) is 41.9 Å². The van der Waals surface area contributed by atoms with Crippen LogP contribution in [-0.4, -0.2) is 12.9 Å². The molecule has 4 rings (SSSR count). The molecule has 110 valence electrons. The molecule has 0 aromatic heterocycles. The van der Waals surface area contributed by atoms with Gasteiger partial charge in [-0.05, 0) is 47.6 Å². The number of carbonyl (C=O) groups excluding carboxylic acids is 1. The number of methoxy groups -OCH3 is 1. The molecule has 0 heterocycles. The van der Waals surface area contributed by atoms with Gasteiger partial charge in [-0.2, -0.15) is 0 Å². The molecule has 0 N–H and O–H groups in total. The number of ether oxygens (including phenoxy) is 1. The fraction of sp³-hybridized carbons (Fsp3) is 0.389. The number of hydrogen-bond donors (Lipinski definition) is 0. The highest BCUT2D eigenvalue weighted by atomic mass is 79.9. The molecule has 1 saturated carbocycles. The molecule has 1 aromatic rings. The molecule has 1 aromatic carbocycles. The quantitative estimate of drug-likeness (QED) is 0.796. The minimum absolute atomic E-state index is 0.104. The number of halogens is 1. The van der Waals surface area contributed by atoms with Crippen molar-refractivity contribution < 1.29 is 9.53 Å². The second-order valence-corrected chi connectivity index (χ2v) is 7.34. The van der Waals surface area contributed by atoms with Gasteiger partial charge < -0.3 is 4.74 Å². The Bertz CT molecular complexity index is 655. The number of ketones is 1. The highest BCUT2D eigenvalue weighted by Crippen LogP contribution is 2.58. The summed E-state index contributed by atoms with van der Waals surface area (Å²) in [6, 6.07) is 5.92. The van der Waals surface area contributed by atoms with Crippen LogP contribution in [0.2, 0.25) is 0 Å². The number of rotatable bonds is 3. The van der Waals surface area contributed by atoms with Gasteiger partial charge in [0.1, 0.15) is 5.75 Å². The van der Waals surface area contributed by atoms with Crippen LogP contribution in [0.3, 0.4) is 0 Å². The van der Waals surface area contributed by atoms with Gasteiger partial charge in [0.15, 0.2) is 5.78 Å². The SMILES string of the molecule is COc1ccc(Br)cc1/C=C/C1=CC(=O)[C@H]2C[C@@H]1C2(C)C. The summed E-state index contributed by atoms with van der Waals surface area (Å²) in [4.78, 5) is 12.1. The van der Waals surface area contributed by atoms with Crippen molar-refractivity contribution in [2.75, 3.05) is 7.11 Å². The molecule has 0 radical (unpaired) electrons. The second-order valence-electron chi connectivity index (χ2n) is 6.43. The van der Waals surface area contributed by atoms with Gasteiger partial charge in [0.2, 0.25) is 0 Å². The van der Waals surface area contributed by atoms with Gasteiger partial charge >= 0.3 is 0 Å². The van der Waals surface area contributed by atoms with Crippen LogP contribution in [0.4, 0.5) is 0 Å². The van der Waals surface area contributed by atoms with E-state index in [-0.39, 0.29) is 17.1 Å². The zero-order valence-electron chi connectivity index (χ0n) is 12.5. The minimum atomic E-state index is 0.104. The van der Waals surface area contributed by atoms with Gasteiger partial charge in [0.05, 0.1) is 7.11 Å². The maximum atomic E-state index is 12.1. The van der Waals surface area contributed by atoms with Crippen LogP contribution in [-0.2, 0) is 4.79 Å². The molecular formula is C18H19BrO2. The van der Waals surface area contributed by atoms with Crippen LogP contribution in [0.25, 0.3) is 6.08 Å². The molecule has 3 aliphatic carbocycles. The van der Waals surface area contributed by atoms with Crippen molar-refractivity contribution in [1.82, 2.24) is 0 Å². The van der Waals surface area contributed by atoms with E-state index < -0.39 is 0 Å². The highest BCUT2D eigenvalue weighted by Gasteiger charge is 2.54. The number of benzene rings is 1. The zero-order valence-corrected chi connectivity index (χ0v) is 14.1. The third kappa shape index (κ3) is 2.38. The van der Waals surface area contributed by atoms with Crippen LogP contribution in [0.1, 0.15) is 25.8 Å². The lowest BCUT2D eigenvalue weighted by molar-refractivity contribution is -0.133. The Balaban J connectivity index is 1.90. The van der Waals surface area contributed by atoms with E-state index in [1.807, 2.05) is 30.4 Å². The van der Waals surface area contributed by atoms with Gasteiger partial charge in [-0.3, -0.25) is 4.79 Å². The Kier molecular flexibility index (Phi) is 3.56. The summed E-state index contributed by atoms with van der Waals surface area (Å²) in [5.74, 6) is 1.83. The fourth-order valence-electron chi connectivity index (χ4n) is 3.53. The topological polar surface area (TPSA) is 26.3 Å². The summed E-state index contributed by atoms with van der Waals surface area (Å²) in [7, 11) is 1.67. The monoisotopic (exact) mass is 346 g/mol. The largest absolute Gasteiger partial charge is 0.496 e. The Morgan fingerprint density at radius 1 is 1.29 bits per heavy atom. The van der Waals surface area contributed by atoms with E-state index in [1.165, 1.54) is 0 Å². The number of allylic oxidation sites excluding steroid dienone is 3. The fourth-order valence-corrected chi connectivity index (χ4v) is 3.90. The third-order valence-electron chi connectivity index (χ3n) is 4.97. The molecular weight excluding hydrogens is 328 g/mol. The first kappa shape index (κ1) is 14.6. The minimum Gasteiger partial charge on any atom is -0.496 e. The normalized spacial score (nSPS) is 26.5. The molecule has 2 nitrogen and oxygen atoms in total. The maximum Gasteiger partial charge on any atom is 0.159 e. The van der Waals surface area contributed by atoms with Crippen molar-refractivity contribution in [2.45, 2.75) is 20.3 Å². The van der Waals surface area contributed by atoms with Gasteiger partial charge in [-0.25, -0.2) is 0 Å². The summed E-state index contributed by atoms with van der Waals surface area (Å²) < 4.78 is 6.40. The van der Waals surface area contributed by atoms with Crippen molar-refractivity contribution >= 4 is 27.8 Å². The van der Waals surface area contributed by atoms with E-state index in [1.54, 1.807) is 7.11 Å². The Labute approximate surface area is 134 Å². The molecule has 0 amide bonds. The van der Waals surface area contributed by atoms with Crippen LogP contribution in [0.5, 0.6) is 5.75 Å². The lowest BCUT2D eigenvalue weighted by Crippen LogP contribution is -2.52. The van der Waals surface area contributed by atoms with Gasteiger partial charge in [-0.15, -0.1) is 0 Å². The van der Waals surface area contributed by atoms with Crippen molar-refractivity contribution in [3.63, 3.8) is 0 Å². The van der Waals surface area contributed by atoms with Crippen LogP contribution in [0, 0.1) is 17.3 Å². The van der Waals surface area contributed by atoms with E-state index in [0.29, 0.717) is 5.92 Å². The van der Waals surface area contributed by atoms with E-state index >= 15 is 0 Å². The summed E-state index contributed by atoms with van der Waals surface area (Å²) in [6.45, 7) is 4.40. The predicted molar refractivity (Wildman–Crippen MR) is 88.2 cm³/mol. The summed E-state index contributed by atoms with van der Waals surface area (Å²) in [6.07, 6.45) is 6.93. The smallest absolute Gasteiger partial charge is 0.159 e. The first-order valence-electron chi connectivity index (χ1n) is 7.20. The Hall–Kier alpha value is -1.35. The zero-order chi connectivity index (χ0) is 15.2. The molecule has 0 unspecified atom stereocenters. The third-order valence-corrected chi connectivity index (χ3v) is 5.46. The van der Waals surface area contributed by atoms with Crippen LogP contribution in [0.15, 0.2) is 40.4 Å². The molecule has 21 heavy (non-hydrogen) atoms. The van der Waals surface area contributed by atoms with E-state index in [0.717, 1.165) is 27.8 Å². The number of hydrogen-bond acceptors (Lipinski definition) is 2. The first-order valence-corrected chi connectivity index (χ1v) is 8.00. The first-order chi connectivity index (χ1) is 9.93. The highest BCUT2D eigenvalue weighted by molar-refractivity contribution is 9.10. The van der Waals surface area contributed by atoms with Crippen molar-refractivity contribution in [2.24, 2.45) is 17.3 Å². The predicted octanol–water partition coefficient (Wildman–Crippen LogP) is 4.64. The standard InChI is InChI=1S/C18H19BrO2/c1-18(2)14-10-15(18)16(20)9-11(14)4-5-12-8-13(19)6-7-17(12)21-3/h4-9,14-15H,10H2,1-3H3/b5-4+/t14-,15+/m0/s1. The summed E-state index contributed by atoms with van der Waals surface area (Å²) >= 11 is 3.48. The lowest BCUT2D eigenvalue weighted by Gasteiger charge is -2.54. The number of fused-ring (bicyclic) bond motifs is 1. The van der Waals surface area contributed by atoms with Crippen molar-refractivity contribution in [3.05, 3.63) is 46.0 Å². The van der Waals surface area contributed by atoms with Crippen molar-refractivity contribution in [3.8, 4) is 5.75 Å². The molecule has 3 aliphatic rings. The Morgan fingerprint density at radius 3 is 2.67 bits per heavy atom. The van der Waals surface area contributed by atoms with Crippen LogP contribution >= 0.6 is 15.9 Å². The van der Waals surface area contributed by atoms with Gasteiger partial charge in [0, 0.05) is 16.0 Å². The van der Waals surface area contributed by atoms with E-state index in [4.69, 9.17) is 4.74 Å². The van der Waals surface area contributed by atoms with Gasteiger partial charge in [0.25, 0.3) is 0 Å². The van der Waals surface area contributed by atoms with E-state index in [2.05, 4.69) is 35.9 Å². The maximum absolute atomic E-state index is 12.1.